The molecule has 0 atom stereocenters. The fraction of sp³-hybridized carbons (Fsp3) is 0.429. The van der Waals surface area contributed by atoms with E-state index in [1.807, 2.05) is 18.2 Å². The number of hydrogen-bond acceptors (Lipinski definition) is 4. The number of benzene rings is 1. The second kappa shape index (κ2) is 5.46. The second-order valence-electron chi connectivity index (χ2n) is 4.87. The highest BCUT2D eigenvalue weighted by Gasteiger charge is 2.23. The number of thiazole rings is 1. The zero-order valence-corrected chi connectivity index (χ0v) is 12.0. The Balaban J connectivity index is 1.77. The van der Waals surface area contributed by atoms with E-state index >= 15 is 0 Å². The lowest BCUT2D eigenvalue weighted by Gasteiger charge is -2.28. The van der Waals surface area contributed by atoms with E-state index < -0.39 is 0 Å². The fourth-order valence-electron chi connectivity index (χ4n) is 2.53. The van der Waals surface area contributed by atoms with Gasteiger partial charge in [-0.15, -0.1) is 11.3 Å². The van der Waals surface area contributed by atoms with Gasteiger partial charge in [-0.2, -0.15) is 5.26 Å². The molecule has 0 bridgehead atoms. The molecular weight excluding hydrogens is 278 g/mol. The van der Waals surface area contributed by atoms with E-state index in [1.54, 1.807) is 11.3 Å². The SMILES string of the molecule is N#CCN1CCC(c2nc3cc(Cl)ccc3s2)CC1. The van der Waals surface area contributed by atoms with Crippen molar-refractivity contribution in [2.45, 2.75) is 18.8 Å². The van der Waals surface area contributed by atoms with Gasteiger partial charge in [-0.1, -0.05) is 11.6 Å². The minimum absolute atomic E-state index is 0.533. The average Bonchev–Trinajstić information content (AvgIpc) is 2.83. The highest BCUT2D eigenvalue weighted by atomic mass is 35.5. The first-order chi connectivity index (χ1) is 9.26. The first-order valence-corrected chi connectivity index (χ1v) is 7.61. The number of likely N-dealkylation sites (tertiary alicyclic amines) is 1. The van der Waals surface area contributed by atoms with Crippen molar-refractivity contribution >= 4 is 33.2 Å². The van der Waals surface area contributed by atoms with Crippen molar-refractivity contribution in [2.75, 3.05) is 19.6 Å². The van der Waals surface area contributed by atoms with Gasteiger partial charge in [0.05, 0.1) is 27.8 Å². The largest absolute Gasteiger partial charge is 0.291 e. The van der Waals surface area contributed by atoms with Gasteiger partial charge in [-0.25, -0.2) is 4.98 Å². The van der Waals surface area contributed by atoms with E-state index in [0.717, 1.165) is 36.5 Å². The fourth-order valence-corrected chi connectivity index (χ4v) is 3.81. The summed E-state index contributed by atoms with van der Waals surface area (Å²) in [5.74, 6) is 0.533. The molecule has 1 aromatic heterocycles. The molecule has 2 aromatic rings. The predicted molar refractivity (Wildman–Crippen MR) is 78.7 cm³/mol. The van der Waals surface area contributed by atoms with E-state index in [2.05, 4.69) is 11.0 Å². The summed E-state index contributed by atoms with van der Waals surface area (Å²) in [4.78, 5) is 6.93. The normalized spacial score (nSPS) is 17.7. The molecule has 1 aliphatic heterocycles. The van der Waals surface area contributed by atoms with Crippen molar-refractivity contribution in [2.24, 2.45) is 0 Å². The molecule has 1 fully saturated rings. The summed E-state index contributed by atoms with van der Waals surface area (Å²) in [6, 6.07) is 8.11. The lowest BCUT2D eigenvalue weighted by atomic mass is 9.98. The zero-order valence-electron chi connectivity index (χ0n) is 10.5. The van der Waals surface area contributed by atoms with Crippen LogP contribution in [-0.2, 0) is 0 Å². The predicted octanol–water partition coefficient (Wildman–Crippen LogP) is 3.65. The summed E-state index contributed by atoms with van der Waals surface area (Å²) < 4.78 is 1.21. The van der Waals surface area contributed by atoms with Crippen molar-refractivity contribution in [1.82, 2.24) is 9.88 Å². The molecule has 19 heavy (non-hydrogen) atoms. The van der Waals surface area contributed by atoms with Crippen molar-refractivity contribution in [3.8, 4) is 6.07 Å². The molecule has 3 nitrogen and oxygen atoms in total. The number of nitrogens with zero attached hydrogens (tertiary/aromatic N) is 3. The number of aromatic nitrogens is 1. The number of piperidine rings is 1. The van der Waals surface area contributed by atoms with Gasteiger partial charge < -0.3 is 0 Å². The molecule has 5 heteroatoms. The van der Waals surface area contributed by atoms with Crippen molar-refractivity contribution in [1.29, 1.82) is 5.26 Å². The van der Waals surface area contributed by atoms with Gasteiger partial charge in [-0.05, 0) is 44.1 Å². The second-order valence-corrected chi connectivity index (χ2v) is 6.37. The molecule has 0 radical (unpaired) electrons. The third-order valence-corrected chi connectivity index (χ3v) is 5.03. The minimum atomic E-state index is 0.533. The van der Waals surface area contributed by atoms with Crippen molar-refractivity contribution in [3.63, 3.8) is 0 Å². The van der Waals surface area contributed by atoms with Crippen LogP contribution in [0.5, 0.6) is 0 Å². The lowest BCUT2D eigenvalue weighted by molar-refractivity contribution is 0.235. The maximum atomic E-state index is 8.71. The topological polar surface area (TPSA) is 39.9 Å². The van der Waals surface area contributed by atoms with Crippen LogP contribution in [0.3, 0.4) is 0 Å². The maximum Gasteiger partial charge on any atom is 0.0970 e. The summed E-state index contributed by atoms with van der Waals surface area (Å²) >= 11 is 7.77. The smallest absolute Gasteiger partial charge is 0.0970 e. The van der Waals surface area contributed by atoms with E-state index in [1.165, 1.54) is 9.71 Å². The Kier molecular flexibility index (Phi) is 3.69. The van der Waals surface area contributed by atoms with Gasteiger partial charge in [0, 0.05) is 10.9 Å². The van der Waals surface area contributed by atoms with E-state index in [9.17, 15) is 0 Å². The monoisotopic (exact) mass is 291 g/mol. The van der Waals surface area contributed by atoms with Crippen LogP contribution in [0.1, 0.15) is 23.8 Å². The Morgan fingerprint density at radius 1 is 1.42 bits per heavy atom. The van der Waals surface area contributed by atoms with Crippen LogP contribution in [0.15, 0.2) is 18.2 Å². The summed E-state index contributed by atoms with van der Waals surface area (Å²) in [6.45, 7) is 2.53. The zero-order chi connectivity index (χ0) is 13.2. The van der Waals surface area contributed by atoms with Crippen molar-refractivity contribution in [3.05, 3.63) is 28.2 Å². The molecule has 0 saturated carbocycles. The standard InChI is InChI=1S/C14H14ClN3S/c15-11-1-2-13-12(9-11)17-14(19-13)10-3-6-18(7-4-10)8-5-16/h1-2,9-10H,3-4,6-8H2. The van der Waals surface area contributed by atoms with Gasteiger partial charge >= 0.3 is 0 Å². The Morgan fingerprint density at radius 3 is 2.95 bits per heavy atom. The quantitative estimate of drug-likeness (QED) is 0.793. The molecule has 0 N–H and O–H groups in total. The first-order valence-electron chi connectivity index (χ1n) is 6.41. The molecule has 1 aliphatic rings. The van der Waals surface area contributed by atoms with Gasteiger partial charge in [0.15, 0.2) is 0 Å². The number of fused-ring (bicyclic) bond motifs is 1. The molecule has 0 aliphatic carbocycles. The number of halogens is 1. The van der Waals surface area contributed by atoms with Gasteiger partial charge in [0.2, 0.25) is 0 Å². The van der Waals surface area contributed by atoms with Gasteiger partial charge in [0.25, 0.3) is 0 Å². The molecular formula is C14H14ClN3S. The summed E-state index contributed by atoms with van der Waals surface area (Å²) in [6.07, 6.45) is 2.18. The van der Waals surface area contributed by atoms with E-state index in [-0.39, 0.29) is 0 Å². The van der Waals surface area contributed by atoms with Gasteiger partial charge in [-0.3, -0.25) is 4.90 Å². The molecule has 1 aromatic carbocycles. The highest BCUT2D eigenvalue weighted by molar-refractivity contribution is 7.18. The average molecular weight is 292 g/mol. The van der Waals surface area contributed by atoms with Crippen molar-refractivity contribution < 1.29 is 0 Å². The Labute approximate surface area is 121 Å². The highest BCUT2D eigenvalue weighted by Crippen LogP contribution is 2.34. The van der Waals surface area contributed by atoms with Crippen LogP contribution in [0.25, 0.3) is 10.2 Å². The van der Waals surface area contributed by atoms with Crippen LogP contribution in [0.4, 0.5) is 0 Å². The Morgan fingerprint density at radius 2 is 2.21 bits per heavy atom. The number of nitriles is 1. The van der Waals surface area contributed by atoms with Gasteiger partial charge in [0.1, 0.15) is 0 Å². The molecule has 3 rings (SSSR count). The lowest BCUT2D eigenvalue weighted by Crippen LogP contribution is -2.33. The molecule has 0 spiro atoms. The van der Waals surface area contributed by atoms with Crippen LogP contribution < -0.4 is 0 Å². The third-order valence-electron chi connectivity index (χ3n) is 3.60. The van der Waals surface area contributed by atoms with E-state index in [0.29, 0.717) is 12.5 Å². The Bertz CT molecular complexity index is 623. The summed E-state index contributed by atoms with van der Waals surface area (Å²) in [7, 11) is 0. The van der Waals surface area contributed by atoms with Crippen LogP contribution in [-0.4, -0.2) is 29.5 Å². The summed E-state index contributed by atoms with van der Waals surface area (Å²) in [5, 5.41) is 10.7. The third kappa shape index (κ3) is 2.74. The molecule has 1 saturated heterocycles. The Hall–Kier alpha value is -1.15. The van der Waals surface area contributed by atoms with Crippen LogP contribution in [0.2, 0.25) is 5.02 Å². The maximum absolute atomic E-state index is 8.71. The molecule has 98 valence electrons. The molecule has 0 unspecified atom stereocenters. The van der Waals surface area contributed by atoms with E-state index in [4.69, 9.17) is 21.8 Å². The molecule has 0 amide bonds. The molecule has 2 heterocycles. The van der Waals surface area contributed by atoms with Crippen LogP contribution in [0, 0.1) is 11.3 Å². The number of rotatable bonds is 2. The number of hydrogen-bond donors (Lipinski definition) is 0. The van der Waals surface area contributed by atoms with Crippen LogP contribution >= 0.6 is 22.9 Å². The summed E-state index contributed by atoms with van der Waals surface area (Å²) in [5.41, 5.74) is 1.01. The minimum Gasteiger partial charge on any atom is -0.291 e. The first kappa shape index (κ1) is 12.9.